The molecular weight excluding hydrogens is 471 g/mol. The summed E-state index contributed by atoms with van der Waals surface area (Å²) in [6.45, 7) is 1.67. The van der Waals surface area contributed by atoms with Gasteiger partial charge >= 0.3 is 0 Å². The van der Waals surface area contributed by atoms with Gasteiger partial charge in [0, 0.05) is 6.54 Å². The second kappa shape index (κ2) is 10.3. The van der Waals surface area contributed by atoms with E-state index in [-0.39, 0.29) is 27.2 Å². The lowest BCUT2D eigenvalue weighted by Crippen LogP contribution is -2.40. The van der Waals surface area contributed by atoms with Gasteiger partial charge in [0.05, 0.1) is 27.7 Å². The second-order valence-corrected chi connectivity index (χ2v) is 9.72. The predicted octanol–water partition coefficient (Wildman–Crippen LogP) is 4.82. The Morgan fingerprint density at radius 2 is 1.62 bits per heavy atom. The van der Waals surface area contributed by atoms with Gasteiger partial charge in [-0.05, 0) is 55.0 Å². The average Bonchev–Trinajstić information content (AvgIpc) is 2.78. The van der Waals surface area contributed by atoms with Crippen LogP contribution in [-0.4, -0.2) is 28.0 Å². The number of nitrogens with one attached hydrogen (secondary N) is 1. The van der Waals surface area contributed by atoms with Crippen LogP contribution in [0.15, 0.2) is 71.6 Å². The van der Waals surface area contributed by atoms with Crippen LogP contribution >= 0.6 is 23.2 Å². The summed E-state index contributed by atoms with van der Waals surface area (Å²) in [6, 6.07) is 18.0. The molecule has 0 bridgehead atoms. The maximum absolute atomic E-state index is 13.4. The molecule has 0 aromatic heterocycles. The summed E-state index contributed by atoms with van der Waals surface area (Å²) in [5, 5.41) is 3.22. The lowest BCUT2D eigenvalue weighted by molar-refractivity contribution is -0.119. The summed E-state index contributed by atoms with van der Waals surface area (Å²) in [5.41, 5.74) is 2.00. The van der Waals surface area contributed by atoms with Crippen molar-refractivity contribution in [2.75, 3.05) is 18.0 Å². The van der Waals surface area contributed by atoms with Gasteiger partial charge in [-0.2, -0.15) is 0 Å². The molecule has 0 spiro atoms. The van der Waals surface area contributed by atoms with Gasteiger partial charge in [0.2, 0.25) is 5.91 Å². The second-order valence-electron chi connectivity index (χ2n) is 7.05. The van der Waals surface area contributed by atoms with Crippen LogP contribution in [0.4, 0.5) is 5.69 Å². The quantitative estimate of drug-likeness (QED) is 0.488. The largest absolute Gasteiger partial charge is 0.497 e. The van der Waals surface area contributed by atoms with Crippen molar-refractivity contribution in [1.29, 1.82) is 0 Å². The normalized spacial score (nSPS) is 11.1. The number of carbonyl (C=O) groups is 1. The summed E-state index contributed by atoms with van der Waals surface area (Å²) in [6.07, 6.45) is 0. The first kappa shape index (κ1) is 23.9. The molecule has 0 saturated carbocycles. The molecule has 0 saturated heterocycles. The molecule has 3 rings (SSSR count). The lowest BCUT2D eigenvalue weighted by atomic mass is 10.2. The van der Waals surface area contributed by atoms with Crippen molar-refractivity contribution in [2.24, 2.45) is 0 Å². The summed E-state index contributed by atoms with van der Waals surface area (Å²) in [5.74, 6) is 0.234. The van der Waals surface area contributed by atoms with Gasteiger partial charge in [0.15, 0.2) is 0 Å². The van der Waals surface area contributed by atoms with Crippen molar-refractivity contribution in [3.05, 3.63) is 87.9 Å². The number of sulfonamides is 1. The highest BCUT2D eigenvalue weighted by atomic mass is 35.5. The summed E-state index contributed by atoms with van der Waals surface area (Å²) in [4.78, 5) is 12.8. The molecule has 3 aromatic rings. The maximum Gasteiger partial charge on any atom is 0.264 e. The first-order valence-corrected chi connectivity index (χ1v) is 11.8. The fraction of sp³-hybridized carbons (Fsp3) is 0.174. The zero-order valence-electron chi connectivity index (χ0n) is 17.5. The first-order valence-electron chi connectivity index (χ1n) is 9.65. The number of ether oxygens (including phenoxy) is 1. The van der Waals surface area contributed by atoms with Crippen LogP contribution in [0.1, 0.15) is 11.1 Å². The van der Waals surface area contributed by atoms with Crippen molar-refractivity contribution in [3.63, 3.8) is 0 Å². The maximum atomic E-state index is 13.4. The minimum atomic E-state index is -4.03. The van der Waals surface area contributed by atoms with E-state index in [1.807, 2.05) is 19.1 Å². The Morgan fingerprint density at radius 1 is 0.969 bits per heavy atom. The van der Waals surface area contributed by atoms with E-state index in [0.29, 0.717) is 5.75 Å². The van der Waals surface area contributed by atoms with Gasteiger partial charge in [-0.25, -0.2) is 8.42 Å². The molecule has 0 aliphatic carbocycles. The molecule has 1 amide bonds. The lowest BCUT2D eigenvalue weighted by Gasteiger charge is -2.24. The van der Waals surface area contributed by atoms with Crippen LogP contribution in [0.5, 0.6) is 5.75 Å². The third kappa shape index (κ3) is 5.73. The van der Waals surface area contributed by atoms with E-state index in [1.165, 1.54) is 30.3 Å². The number of aryl methyl sites for hydroxylation is 1. The van der Waals surface area contributed by atoms with Crippen molar-refractivity contribution in [1.82, 2.24) is 5.32 Å². The number of hydrogen-bond acceptors (Lipinski definition) is 4. The molecule has 32 heavy (non-hydrogen) atoms. The highest BCUT2D eigenvalue weighted by molar-refractivity contribution is 7.92. The Balaban J connectivity index is 1.85. The number of anilines is 1. The van der Waals surface area contributed by atoms with E-state index in [0.717, 1.165) is 15.4 Å². The molecule has 0 unspecified atom stereocenters. The Morgan fingerprint density at radius 3 is 2.22 bits per heavy atom. The monoisotopic (exact) mass is 492 g/mol. The highest BCUT2D eigenvalue weighted by Gasteiger charge is 2.27. The fourth-order valence-electron chi connectivity index (χ4n) is 2.92. The topological polar surface area (TPSA) is 75.7 Å². The molecule has 168 valence electrons. The molecule has 0 atom stereocenters. The summed E-state index contributed by atoms with van der Waals surface area (Å²) < 4.78 is 32.9. The van der Waals surface area contributed by atoms with Gasteiger partial charge in [0.1, 0.15) is 12.3 Å². The molecular formula is C23H22Cl2N2O4S. The number of amides is 1. The highest BCUT2D eigenvalue weighted by Crippen LogP contribution is 2.30. The molecule has 0 radical (unpaired) electrons. The zero-order valence-corrected chi connectivity index (χ0v) is 19.8. The van der Waals surface area contributed by atoms with Crippen LogP contribution in [0.3, 0.4) is 0 Å². The SMILES string of the molecule is COc1ccc(CNC(=O)CN(c2ccc(Cl)c(Cl)c2)S(=O)(=O)c2ccc(C)cc2)cc1. The van der Waals surface area contributed by atoms with Crippen LogP contribution < -0.4 is 14.4 Å². The molecule has 0 aliphatic rings. The van der Waals surface area contributed by atoms with Gasteiger partial charge in [-0.3, -0.25) is 9.10 Å². The number of carbonyl (C=O) groups excluding carboxylic acids is 1. The Kier molecular flexibility index (Phi) is 7.66. The number of benzene rings is 3. The number of rotatable bonds is 8. The number of hydrogen-bond donors (Lipinski definition) is 1. The van der Waals surface area contributed by atoms with E-state index in [9.17, 15) is 13.2 Å². The van der Waals surface area contributed by atoms with E-state index in [4.69, 9.17) is 27.9 Å². The van der Waals surface area contributed by atoms with E-state index in [2.05, 4.69) is 5.32 Å². The van der Waals surface area contributed by atoms with Gasteiger partial charge in [-0.1, -0.05) is 53.0 Å². The Bertz CT molecular complexity index is 1200. The fourth-order valence-corrected chi connectivity index (χ4v) is 4.63. The minimum absolute atomic E-state index is 0.0668. The average molecular weight is 493 g/mol. The standard InChI is InChI=1S/C23H22Cl2N2O4S/c1-16-3-10-20(11-4-16)32(29,30)27(18-7-12-21(24)22(25)13-18)15-23(28)26-14-17-5-8-19(31-2)9-6-17/h3-13H,14-15H2,1-2H3,(H,26,28). The van der Waals surface area contributed by atoms with Gasteiger partial charge < -0.3 is 10.1 Å². The van der Waals surface area contributed by atoms with Crippen molar-refractivity contribution < 1.29 is 17.9 Å². The minimum Gasteiger partial charge on any atom is -0.497 e. The third-order valence-corrected chi connectivity index (χ3v) is 7.26. The number of methoxy groups -OCH3 is 1. The summed E-state index contributed by atoms with van der Waals surface area (Å²) in [7, 11) is -2.46. The van der Waals surface area contributed by atoms with Gasteiger partial charge in [0.25, 0.3) is 10.0 Å². The molecule has 6 nitrogen and oxygen atoms in total. The van der Waals surface area contributed by atoms with Crippen LogP contribution in [-0.2, 0) is 21.4 Å². The molecule has 3 aromatic carbocycles. The van der Waals surface area contributed by atoms with Crippen LogP contribution in [0.25, 0.3) is 0 Å². The molecule has 0 heterocycles. The molecule has 0 aliphatic heterocycles. The third-order valence-electron chi connectivity index (χ3n) is 4.74. The number of halogens is 2. The van der Waals surface area contributed by atoms with Crippen LogP contribution in [0, 0.1) is 6.92 Å². The van der Waals surface area contributed by atoms with E-state index < -0.39 is 22.5 Å². The van der Waals surface area contributed by atoms with E-state index >= 15 is 0 Å². The smallest absolute Gasteiger partial charge is 0.264 e. The van der Waals surface area contributed by atoms with Gasteiger partial charge in [-0.15, -0.1) is 0 Å². The molecule has 9 heteroatoms. The predicted molar refractivity (Wildman–Crippen MR) is 127 cm³/mol. The first-order chi connectivity index (χ1) is 15.2. The number of nitrogens with zero attached hydrogens (tertiary/aromatic N) is 1. The van der Waals surface area contributed by atoms with Crippen molar-refractivity contribution in [3.8, 4) is 5.75 Å². The molecule has 0 fully saturated rings. The summed E-state index contributed by atoms with van der Waals surface area (Å²) >= 11 is 12.1. The van der Waals surface area contributed by atoms with Crippen LogP contribution in [0.2, 0.25) is 10.0 Å². The molecule has 1 N–H and O–H groups in total. The van der Waals surface area contributed by atoms with Crippen molar-refractivity contribution >= 4 is 44.8 Å². The Labute approximate surface area is 197 Å². The van der Waals surface area contributed by atoms with Crippen molar-refractivity contribution in [2.45, 2.75) is 18.4 Å². The zero-order chi connectivity index (χ0) is 23.3. The Hall–Kier alpha value is -2.74. The van der Waals surface area contributed by atoms with E-state index in [1.54, 1.807) is 31.4 Å².